The molecule has 3 aromatic rings. The Hall–Kier alpha value is -3.64. The van der Waals surface area contributed by atoms with Crippen LogP contribution < -0.4 is 5.32 Å². The van der Waals surface area contributed by atoms with Gasteiger partial charge in [-0.2, -0.15) is 18.3 Å². The maximum atomic E-state index is 14.6. The largest absolute Gasteiger partial charge is 0.419 e. The minimum Gasteiger partial charge on any atom is -0.352 e. The summed E-state index contributed by atoms with van der Waals surface area (Å²) in [6.45, 7) is -0.685. The van der Waals surface area contributed by atoms with E-state index in [2.05, 4.69) is 25.4 Å². The average Bonchev–Trinajstić information content (AvgIpc) is 3.39. The molecular formula is C19H16F5N7O. The minimum atomic E-state index is -4.62. The van der Waals surface area contributed by atoms with Crippen molar-refractivity contribution >= 4 is 11.9 Å². The molecule has 32 heavy (non-hydrogen) atoms. The molecule has 0 spiro atoms. The molecule has 1 saturated heterocycles. The highest BCUT2D eigenvalue weighted by Gasteiger charge is 2.51. The summed E-state index contributed by atoms with van der Waals surface area (Å²) in [5.74, 6) is -4.20. The lowest BCUT2D eigenvalue weighted by Crippen LogP contribution is -2.47. The minimum absolute atomic E-state index is 0.0512. The Kier molecular flexibility index (Phi) is 5.48. The third kappa shape index (κ3) is 4.22. The van der Waals surface area contributed by atoms with Crippen LogP contribution in [0.5, 0.6) is 0 Å². The topological polar surface area (TPSA) is 88.8 Å². The summed E-state index contributed by atoms with van der Waals surface area (Å²) in [6.07, 6.45) is 0.385. The van der Waals surface area contributed by atoms with Crippen molar-refractivity contribution < 1.29 is 26.7 Å². The Labute approximate surface area is 178 Å². The van der Waals surface area contributed by atoms with E-state index in [0.29, 0.717) is 18.1 Å². The lowest BCUT2D eigenvalue weighted by atomic mass is 10.1. The van der Waals surface area contributed by atoms with Gasteiger partial charge in [-0.1, -0.05) is 0 Å². The summed E-state index contributed by atoms with van der Waals surface area (Å²) in [4.78, 5) is 25.2. The van der Waals surface area contributed by atoms with Gasteiger partial charge in [-0.25, -0.2) is 28.4 Å². The molecule has 0 aliphatic carbocycles. The molecule has 4 heterocycles. The van der Waals surface area contributed by atoms with Crippen LogP contribution in [0.2, 0.25) is 0 Å². The van der Waals surface area contributed by atoms with Crippen molar-refractivity contribution in [2.75, 3.05) is 18.4 Å². The number of hydrogen-bond acceptors (Lipinski definition) is 6. The first kappa shape index (κ1) is 21.6. The maximum Gasteiger partial charge on any atom is 0.419 e. The predicted octanol–water partition coefficient (Wildman–Crippen LogP) is 3.04. The number of nitrogens with one attached hydrogen (secondary N) is 1. The second-order valence-electron chi connectivity index (χ2n) is 7.02. The number of carbonyl (C=O) groups is 1. The molecule has 1 aliphatic rings. The number of aromatic nitrogens is 5. The number of amides is 1. The number of hydrogen-bond donors (Lipinski definition) is 1. The van der Waals surface area contributed by atoms with Crippen LogP contribution in [0.1, 0.15) is 22.5 Å². The molecule has 1 amide bonds. The van der Waals surface area contributed by atoms with Crippen molar-refractivity contribution in [3.8, 4) is 5.69 Å². The molecule has 0 saturated carbocycles. The summed E-state index contributed by atoms with van der Waals surface area (Å²) in [5, 5.41) is 6.55. The van der Waals surface area contributed by atoms with Gasteiger partial charge in [0.15, 0.2) is 5.69 Å². The number of pyridine rings is 1. The molecule has 0 radical (unpaired) electrons. The zero-order valence-corrected chi connectivity index (χ0v) is 16.3. The van der Waals surface area contributed by atoms with E-state index >= 15 is 0 Å². The Bertz CT molecular complexity index is 1090. The molecule has 0 bridgehead atoms. The molecule has 0 unspecified atom stereocenters. The standard InChI is InChI=1S/C19H16F5N7O/c20-18(21)4-8-30(14(18)11-28-17-26-9-12(10-27-17)19(22,23)24)16(32)15-13(3-1-5-25-15)31-7-2-6-29-31/h1-3,5-7,9-10,14H,4,8,11H2,(H,26,27,28)/t14-/m1/s1. The quantitative estimate of drug-likeness (QED) is 0.598. The first-order chi connectivity index (χ1) is 15.2. The van der Waals surface area contributed by atoms with Crippen LogP contribution in [0.4, 0.5) is 27.9 Å². The second kappa shape index (κ2) is 8.13. The summed E-state index contributed by atoms with van der Waals surface area (Å²) >= 11 is 0. The van der Waals surface area contributed by atoms with Gasteiger partial charge < -0.3 is 10.2 Å². The third-order valence-electron chi connectivity index (χ3n) is 4.98. The van der Waals surface area contributed by atoms with Gasteiger partial charge in [0.2, 0.25) is 5.95 Å². The van der Waals surface area contributed by atoms with Crippen LogP contribution in [0.25, 0.3) is 5.69 Å². The molecule has 168 valence electrons. The molecule has 13 heteroatoms. The van der Waals surface area contributed by atoms with Crippen molar-refractivity contribution in [1.29, 1.82) is 0 Å². The number of likely N-dealkylation sites (tertiary alicyclic amines) is 1. The number of rotatable bonds is 5. The van der Waals surface area contributed by atoms with E-state index in [9.17, 15) is 26.7 Å². The number of nitrogens with zero attached hydrogens (tertiary/aromatic N) is 6. The van der Waals surface area contributed by atoms with Gasteiger partial charge in [-0.3, -0.25) is 4.79 Å². The highest BCUT2D eigenvalue weighted by molar-refractivity contribution is 5.96. The van der Waals surface area contributed by atoms with Gasteiger partial charge in [0, 0.05) is 50.5 Å². The number of halogens is 5. The summed E-state index contributed by atoms with van der Waals surface area (Å²) in [7, 11) is 0. The number of anilines is 1. The average molecular weight is 453 g/mol. The first-order valence-corrected chi connectivity index (χ1v) is 9.44. The summed E-state index contributed by atoms with van der Waals surface area (Å²) in [6, 6.07) is 3.24. The second-order valence-corrected chi connectivity index (χ2v) is 7.02. The maximum absolute atomic E-state index is 14.6. The smallest absolute Gasteiger partial charge is 0.352 e. The van der Waals surface area contributed by atoms with Crippen LogP contribution in [0.3, 0.4) is 0 Å². The Morgan fingerprint density at radius 3 is 2.56 bits per heavy atom. The molecule has 8 nitrogen and oxygen atoms in total. The number of alkyl halides is 5. The van der Waals surface area contributed by atoms with Crippen molar-refractivity contribution in [2.24, 2.45) is 0 Å². The van der Waals surface area contributed by atoms with E-state index in [1.807, 2.05) is 0 Å². The van der Waals surface area contributed by atoms with Crippen molar-refractivity contribution in [1.82, 2.24) is 29.6 Å². The fourth-order valence-electron chi connectivity index (χ4n) is 3.37. The third-order valence-corrected chi connectivity index (χ3v) is 4.98. The van der Waals surface area contributed by atoms with Gasteiger partial charge in [-0.15, -0.1) is 0 Å². The van der Waals surface area contributed by atoms with Crippen molar-refractivity contribution in [3.63, 3.8) is 0 Å². The molecule has 1 atom stereocenters. The van der Waals surface area contributed by atoms with Crippen molar-refractivity contribution in [2.45, 2.75) is 24.6 Å². The van der Waals surface area contributed by atoms with Crippen LogP contribution in [-0.2, 0) is 6.18 Å². The zero-order valence-electron chi connectivity index (χ0n) is 16.3. The van der Waals surface area contributed by atoms with Crippen LogP contribution >= 0.6 is 0 Å². The predicted molar refractivity (Wildman–Crippen MR) is 101 cm³/mol. The van der Waals surface area contributed by atoms with E-state index in [0.717, 1.165) is 4.90 Å². The zero-order chi connectivity index (χ0) is 22.9. The van der Waals surface area contributed by atoms with Gasteiger partial charge in [0.1, 0.15) is 6.04 Å². The van der Waals surface area contributed by atoms with Crippen LogP contribution in [-0.4, -0.2) is 60.6 Å². The number of carbonyl (C=O) groups excluding carboxylic acids is 1. The lowest BCUT2D eigenvalue weighted by Gasteiger charge is -2.28. The van der Waals surface area contributed by atoms with Gasteiger partial charge in [0.25, 0.3) is 11.8 Å². The van der Waals surface area contributed by atoms with Crippen molar-refractivity contribution in [3.05, 3.63) is 60.4 Å². The Morgan fingerprint density at radius 2 is 1.91 bits per heavy atom. The van der Waals surface area contributed by atoms with Crippen LogP contribution in [0.15, 0.2) is 49.2 Å². The monoisotopic (exact) mass is 453 g/mol. The van der Waals surface area contributed by atoms with E-state index in [1.165, 1.54) is 17.1 Å². The summed E-state index contributed by atoms with van der Waals surface area (Å²) < 4.78 is 68.4. The van der Waals surface area contributed by atoms with Gasteiger partial charge in [-0.05, 0) is 18.2 Å². The van der Waals surface area contributed by atoms with Crippen LogP contribution in [0, 0.1) is 0 Å². The molecule has 3 aromatic heterocycles. The molecule has 1 aliphatic heterocycles. The molecule has 1 fully saturated rings. The van der Waals surface area contributed by atoms with E-state index in [4.69, 9.17) is 0 Å². The molecular weight excluding hydrogens is 437 g/mol. The molecule has 1 N–H and O–H groups in total. The fraction of sp³-hybridized carbons (Fsp3) is 0.316. The molecule has 4 rings (SSSR count). The highest BCUT2D eigenvalue weighted by atomic mass is 19.4. The fourth-order valence-corrected chi connectivity index (χ4v) is 3.37. The Balaban J connectivity index is 1.54. The van der Waals surface area contributed by atoms with E-state index in [-0.39, 0.29) is 18.2 Å². The highest BCUT2D eigenvalue weighted by Crippen LogP contribution is 2.35. The van der Waals surface area contributed by atoms with E-state index in [1.54, 1.807) is 24.4 Å². The van der Waals surface area contributed by atoms with Gasteiger partial charge in [0.05, 0.1) is 11.3 Å². The normalized spacial score (nSPS) is 18.0. The SMILES string of the molecule is O=C(c1ncccc1-n1cccn1)N1CCC(F)(F)[C@H]1CNc1ncc(C(F)(F)F)cn1. The Morgan fingerprint density at radius 1 is 1.16 bits per heavy atom. The summed E-state index contributed by atoms with van der Waals surface area (Å²) in [5.41, 5.74) is -0.785. The van der Waals surface area contributed by atoms with E-state index < -0.39 is 42.6 Å². The first-order valence-electron chi connectivity index (χ1n) is 9.44. The van der Waals surface area contributed by atoms with Gasteiger partial charge >= 0.3 is 6.18 Å². The lowest BCUT2D eigenvalue weighted by molar-refractivity contribution is -0.138. The molecule has 0 aromatic carbocycles.